The summed E-state index contributed by atoms with van der Waals surface area (Å²) in [5.41, 5.74) is 12.1. The van der Waals surface area contributed by atoms with Crippen LogP contribution < -0.4 is 0 Å². The predicted molar refractivity (Wildman–Crippen MR) is 179 cm³/mol. The zero-order valence-corrected chi connectivity index (χ0v) is 23.5. The monoisotopic (exact) mass is 535 g/mol. The third-order valence-electron chi connectivity index (χ3n) is 8.70. The first-order valence-electron chi connectivity index (χ1n) is 14.6. The van der Waals surface area contributed by atoms with Crippen LogP contribution in [-0.2, 0) is 0 Å². The highest BCUT2D eigenvalue weighted by Crippen LogP contribution is 2.45. The Morgan fingerprint density at radius 1 is 0.405 bits per heavy atom. The normalized spacial score (nSPS) is 14.2. The lowest BCUT2D eigenvalue weighted by Gasteiger charge is -2.19. The minimum atomic E-state index is 0.275. The van der Waals surface area contributed by atoms with Crippen LogP contribution in [0.4, 0.5) is 5.69 Å². The van der Waals surface area contributed by atoms with Crippen molar-refractivity contribution in [3.8, 4) is 33.4 Å². The molecule has 0 saturated heterocycles. The van der Waals surface area contributed by atoms with Crippen molar-refractivity contribution in [1.29, 1.82) is 0 Å². The predicted octanol–water partition coefficient (Wildman–Crippen LogP) is 11.2. The highest BCUT2D eigenvalue weighted by Gasteiger charge is 2.25. The molecule has 0 saturated carbocycles. The van der Waals surface area contributed by atoms with Crippen molar-refractivity contribution >= 4 is 32.9 Å². The van der Waals surface area contributed by atoms with E-state index in [1.807, 2.05) is 0 Å². The summed E-state index contributed by atoms with van der Waals surface area (Å²) in [4.78, 5) is 5.13. The van der Waals surface area contributed by atoms with Crippen LogP contribution >= 0.6 is 0 Å². The molecule has 0 N–H and O–H groups in total. The standard InChI is InChI=1S/C41H29N/c1-27-33-23-21-32(26-38(33)42-41(27)30-17-9-4-10-18-30)31-22-24-36-37(25-31)40(29-15-7-3-8-16-29)35-20-12-11-19-34(35)39(36)28-13-5-2-6-14-28/h2-27H,1H3. The second kappa shape index (κ2) is 9.98. The zero-order valence-electron chi connectivity index (χ0n) is 23.5. The molecule has 1 aliphatic rings. The first kappa shape index (κ1) is 24.5. The smallest absolute Gasteiger partial charge is 0.0678 e. The fourth-order valence-electron chi connectivity index (χ4n) is 6.67. The van der Waals surface area contributed by atoms with Gasteiger partial charge in [-0.1, -0.05) is 146 Å². The van der Waals surface area contributed by atoms with Gasteiger partial charge < -0.3 is 0 Å². The molecule has 0 radical (unpaired) electrons. The fourth-order valence-corrected chi connectivity index (χ4v) is 6.67. The molecule has 1 heterocycles. The van der Waals surface area contributed by atoms with E-state index in [0.717, 1.165) is 11.4 Å². The first-order valence-corrected chi connectivity index (χ1v) is 14.6. The van der Waals surface area contributed by atoms with Crippen LogP contribution in [0.2, 0.25) is 0 Å². The highest BCUT2D eigenvalue weighted by molar-refractivity contribution is 6.22. The van der Waals surface area contributed by atoms with Gasteiger partial charge in [0.25, 0.3) is 0 Å². The Bertz CT molecular complexity index is 2120. The van der Waals surface area contributed by atoms with Gasteiger partial charge in [-0.05, 0) is 78.2 Å². The summed E-state index contributed by atoms with van der Waals surface area (Å²) in [6.07, 6.45) is 0. The van der Waals surface area contributed by atoms with E-state index in [1.54, 1.807) is 0 Å². The van der Waals surface area contributed by atoms with Crippen molar-refractivity contribution in [2.24, 2.45) is 4.99 Å². The van der Waals surface area contributed by atoms with Crippen molar-refractivity contribution in [3.63, 3.8) is 0 Å². The van der Waals surface area contributed by atoms with Crippen LogP contribution in [0.1, 0.15) is 24.0 Å². The van der Waals surface area contributed by atoms with Crippen LogP contribution in [-0.4, -0.2) is 5.71 Å². The molecule has 1 atom stereocenters. The second-order valence-corrected chi connectivity index (χ2v) is 11.1. The number of nitrogens with zero attached hydrogens (tertiary/aromatic N) is 1. The lowest BCUT2D eigenvalue weighted by atomic mass is 9.84. The molecular weight excluding hydrogens is 506 g/mol. The summed E-state index contributed by atoms with van der Waals surface area (Å²) in [5.74, 6) is 0.275. The Kier molecular flexibility index (Phi) is 5.82. The molecule has 7 aromatic carbocycles. The van der Waals surface area contributed by atoms with Gasteiger partial charge in [-0.2, -0.15) is 0 Å². The topological polar surface area (TPSA) is 12.4 Å². The Labute approximate surface area is 246 Å². The van der Waals surface area contributed by atoms with E-state index in [2.05, 4.69) is 159 Å². The molecule has 7 aromatic rings. The lowest BCUT2D eigenvalue weighted by molar-refractivity contribution is 1.06. The van der Waals surface area contributed by atoms with Gasteiger partial charge in [0.05, 0.1) is 11.4 Å². The van der Waals surface area contributed by atoms with Crippen LogP contribution in [0.25, 0.3) is 54.9 Å². The van der Waals surface area contributed by atoms with Crippen LogP contribution in [0, 0.1) is 0 Å². The van der Waals surface area contributed by atoms with E-state index in [1.165, 1.54) is 66.1 Å². The van der Waals surface area contributed by atoms with Crippen molar-refractivity contribution < 1.29 is 0 Å². The van der Waals surface area contributed by atoms with E-state index in [-0.39, 0.29) is 5.92 Å². The molecular formula is C41H29N. The van der Waals surface area contributed by atoms with Gasteiger partial charge in [0.1, 0.15) is 0 Å². The van der Waals surface area contributed by atoms with E-state index in [0.29, 0.717) is 0 Å². The van der Waals surface area contributed by atoms with E-state index in [4.69, 9.17) is 4.99 Å². The number of rotatable bonds is 4. The molecule has 1 heteroatoms. The van der Waals surface area contributed by atoms with E-state index in [9.17, 15) is 0 Å². The molecule has 0 fully saturated rings. The van der Waals surface area contributed by atoms with Gasteiger partial charge in [-0.15, -0.1) is 0 Å². The van der Waals surface area contributed by atoms with E-state index >= 15 is 0 Å². The highest BCUT2D eigenvalue weighted by atomic mass is 14.8. The molecule has 0 amide bonds. The molecule has 0 aromatic heterocycles. The summed E-state index contributed by atoms with van der Waals surface area (Å²) in [7, 11) is 0. The molecule has 42 heavy (non-hydrogen) atoms. The summed E-state index contributed by atoms with van der Waals surface area (Å²) in [6, 6.07) is 54.8. The molecule has 1 nitrogen and oxygen atoms in total. The van der Waals surface area contributed by atoms with Gasteiger partial charge in [0.2, 0.25) is 0 Å². The number of aliphatic imine (C=N–C) groups is 1. The van der Waals surface area contributed by atoms with Gasteiger partial charge in [-0.3, -0.25) is 4.99 Å². The van der Waals surface area contributed by atoms with E-state index < -0.39 is 0 Å². The van der Waals surface area contributed by atoms with Crippen LogP contribution in [0.3, 0.4) is 0 Å². The summed E-state index contributed by atoms with van der Waals surface area (Å²) >= 11 is 0. The van der Waals surface area contributed by atoms with Crippen molar-refractivity contribution in [3.05, 3.63) is 163 Å². The summed E-state index contributed by atoms with van der Waals surface area (Å²) in [6.45, 7) is 2.26. The number of hydrogen-bond donors (Lipinski definition) is 0. The summed E-state index contributed by atoms with van der Waals surface area (Å²) in [5, 5.41) is 5.07. The molecule has 198 valence electrons. The minimum Gasteiger partial charge on any atom is -0.252 e. The molecule has 8 rings (SSSR count). The number of hydrogen-bond acceptors (Lipinski definition) is 1. The van der Waals surface area contributed by atoms with Gasteiger partial charge >= 0.3 is 0 Å². The Morgan fingerprint density at radius 2 is 0.881 bits per heavy atom. The summed E-state index contributed by atoms with van der Waals surface area (Å²) < 4.78 is 0. The second-order valence-electron chi connectivity index (χ2n) is 11.1. The van der Waals surface area contributed by atoms with Crippen molar-refractivity contribution in [2.45, 2.75) is 12.8 Å². The average molecular weight is 536 g/mol. The van der Waals surface area contributed by atoms with Crippen LogP contribution in [0.5, 0.6) is 0 Å². The number of benzene rings is 7. The third-order valence-corrected chi connectivity index (χ3v) is 8.70. The maximum atomic E-state index is 5.13. The zero-order chi connectivity index (χ0) is 28.0. The third kappa shape index (κ3) is 3.97. The molecule has 1 unspecified atom stereocenters. The Hall–Kier alpha value is -5.27. The van der Waals surface area contributed by atoms with Gasteiger partial charge in [0.15, 0.2) is 0 Å². The lowest BCUT2D eigenvalue weighted by Crippen LogP contribution is -2.05. The van der Waals surface area contributed by atoms with Crippen LogP contribution in [0.15, 0.2) is 157 Å². The molecule has 0 spiro atoms. The Morgan fingerprint density at radius 3 is 1.50 bits per heavy atom. The molecule has 1 aliphatic heterocycles. The first-order chi connectivity index (χ1) is 20.8. The number of fused-ring (bicyclic) bond motifs is 3. The molecule has 0 bridgehead atoms. The maximum absolute atomic E-state index is 5.13. The quantitative estimate of drug-likeness (QED) is 0.199. The minimum absolute atomic E-state index is 0.275. The largest absolute Gasteiger partial charge is 0.252 e. The van der Waals surface area contributed by atoms with Crippen molar-refractivity contribution in [1.82, 2.24) is 0 Å². The average Bonchev–Trinajstić information content (AvgIpc) is 3.40. The van der Waals surface area contributed by atoms with Crippen molar-refractivity contribution in [2.75, 3.05) is 0 Å². The fraction of sp³-hybridized carbons (Fsp3) is 0.0488. The SMILES string of the molecule is CC1C(c2ccccc2)=Nc2cc(-c3ccc4c(-c5ccccc5)c5ccccc5c(-c5ccccc5)c4c3)ccc21. The maximum Gasteiger partial charge on any atom is 0.0678 e. The Balaban J connectivity index is 1.37. The van der Waals surface area contributed by atoms with Gasteiger partial charge in [-0.25, -0.2) is 0 Å². The molecule has 0 aliphatic carbocycles. The van der Waals surface area contributed by atoms with Gasteiger partial charge in [0, 0.05) is 5.92 Å².